The molecule has 0 aromatic heterocycles. The van der Waals surface area contributed by atoms with Gasteiger partial charge in [0.05, 0.1) is 5.60 Å². The van der Waals surface area contributed by atoms with Crippen LogP contribution in [-0.2, 0) is 4.74 Å². The first-order chi connectivity index (χ1) is 9.75. The summed E-state index contributed by atoms with van der Waals surface area (Å²) in [7, 11) is 1.75. The van der Waals surface area contributed by atoms with Crippen LogP contribution in [0.15, 0.2) is 24.3 Å². The Labute approximate surface area is 122 Å². The van der Waals surface area contributed by atoms with Crippen LogP contribution >= 0.6 is 0 Å². The van der Waals surface area contributed by atoms with E-state index < -0.39 is 6.10 Å². The van der Waals surface area contributed by atoms with Crippen molar-refractivity contribution in [3.05, 3.63) is 35.4 Å². The van der Waals surface area contributed by atoms with Crippen molar-refractivity contribution in [3.8, 4) is 0 Å². The highest BCUT2D eigenvalue weighted by atomic mass is 16.5. The van der Waals surface area contributed by atoms with Crippen molar-refractivity contribution in [2.75, 3.05) is 7.11 Å². The van der Waals surface area contributed by atoms with Gasteiger partial charge in [-0.05, 0) is 42.7 Å². The van der Waals surface area contributed by atoms with Crippen LogP contribution in [0.4, 0.5) is 0 Å². The predicted molar refractivity (Wildman–Crippen MR) is 80.8 cm³/mol. The third kappa shape index (κ3) is 2.51. The largest absolute Gasteiger partial charge is 0.385 e. The van der Waals surface area contributed by atoms with E-state index in [0.717, 1.165) is 37.2 Å². The average molecular weight is 274 g/mol. The molecular weight excluding hydrogens is 248 g/mol. The molecule has 1 aromatic carbocycles. The van der Waals surface area contributed by atoms with Crippen LogP contribution in [0.5, 0.6) is 0 Å². The van der Waals surface area contributed by atoms with Gasteiger partial charge in [0, 0.05) is 7.11 Å². The first kappa shape index (κ1) is 14.1. The molecule has 2 aliphatic carbocycles. The zero-order valence-corrected chi connectivity index (χ0v) is 12.5. The molecule has 2 nitrogen and oxygen atoms in total. The Balaban J connectivity index is 1.76. The predicted octanol–water partition coefficient (Wildman–Crippen LogP) is 4.34. The van der Waals surface area contributed by atoms with Crippen LogP contribution in [0.3, 0.4) is 0 Å². The molecule has 0 spiro atoms. The van der Waals surface area contributed by atoms with Crippen molar-refractivity contribution in [1.29, 1.82) is 0 Å². The van der Waals surface area contributed by atoms with Gasteiger partial charge in [-0.15, -0.1) is 0 Å². The summed E-state index contributed by atoms with van der Waals surface area (Å²) in [5.41, 5.74) is 2.08. The van der Waals surface area contributed by atoms with Gasteiger partial charge >= 0.3 is 0 Å². The maximum atomic E-state index is 10.8. The number of hydrogen-bond donors (Lipinski definition) is 1. The van der Waals surface area contributed by atoms with Gasteiger partial charge in [-0.2, -0.15) is 0 Å². The summed E-state index contributed by atoms with van der Waals surface area (Å²) in [6.07, 6.45) is 9.03. The molecule has 2 heteroatoms. The molecule has 0 aliphatic heterocycles. The monoisotopic (exact) mass is 274 g/mol. The average Bonchev–Trinajstić information content (AvgIpc) is 2.46. The SMILES string of the molecule is COC1(C(O)c2ccc(C3CCC3)cc2)CCCCC1. The van der Waals surface area contributed by atoms with Crippen molar-refractivity contribution in [2.24, 2.45) is 0 Å². The number of methoxy groups -OCH3 is 1. The van der Waals surface area contributed by atoms with Gasteiger partial charge in [0.1, 0.15) is 6.10 Å². The van der Waals surface area contributed by atoms with Gasteiger partial charge in [0.2, 0.25) is 0 Å². The topological polar surface area (TPSA) is 29.5 Å². The first-order valence-electron chi connectivity index (χ1n) is 8.08. The minimum absolute atomic E-state index is 0.365. The second kappa shape index (κ2) is 5.87. The molecule has 0 amide bonds. The van der Waals surface area contributed by atoms with E-state index >= 15 is 0 Å². The Morgan fingerprint density at radius 2 is 1.70 bits per heavy atom. The molecule has 0 heterocycles. The van der Waals surface area contributed by atoms with E-state index in [1.54, 1.807) is 7.11 Å². The maximum absolute atomic E-state index is 10.8. The maximum Gasteiger partial charge on any atom is 0.108 e. The minimum atomic E-state index is -0.497. The summed E-state index contributed by atoms with van der Waals surface area (Å²) in [4.78, 5) is 0. The van der Waals surface area contributed by atoms with Crippen molar-refractivity contribution >= 4 is 0 Å². The van der Waals surface area contributed by atoms with Gasteiger partial charge in [-0.1, -0.05) is 49.9 Å². The van der Waals surface area contributed by atoms with E-state index in [1.165, 1.54) is 31.2 Å². The second-order valence-corrected chi connectivity index (χ2v) is 6.53. The number of aliphatic hydroxyl groups is 1. The van der Waals surface area contributed by atoms with Crippen LogP contribution in [0.25, 0.3) is 0 Å². The highest BCUT2D eigenvalue weighted by Gasteiger charge is 2.40. The Morgan fingerprint density at radius 1 is 1.05 bits per heavy atom. The first-order valence-corrected chi connectivity index (χ1v) is 8.08. The van der Waals surface area contributed by atoms with E-state index in [0.29, 0.717) is 0 Å². The molecule has 2 fully saturated rings. The lowest BCUT2D eigenvalue weighted by atomic mass is 9.77. The Kier molecular flexibility index (Phi) is 4.13. The van der Waals surface area contributed by atoms with Crippen LogP contribution in [0, 0.1) is 0 Å². The number of rotatable bonds is 4. The Bertz CT molecular complexity index is 427. The fraction of sp³-hybridized carbons (Fsp3) is 0.667. The number of ether oxygens (including phenoxy) is 1. The Morgan fingerprint density at radius 3 is 2.20 bits per heavy atom. The van der Waals surface area contributed by atoms with E-state index in [4.69, 9.17) is 4.74 Å². The van der Waals surface area contributed by atoms with Crippen molar-refractivity contribution in [3.63, 3.8) is 0 Å². The third-order valence-corrected chi connectivity index (χ3v) is 5.43. The standard InChI is InChI=1S/C18H26O2/c1-20-18(12-3-2-4-13-18)17(19)16-10-8-15(9-11-16)14-6-5-7-14/h8-11,14,17,19H,2-7,12-13H2,1H3. The molecule has 110 valence electrons. The second-order valence-electron chi connectivity index (χ2n) is 6.53. The molecule has 1 N–H and O–H groups in total. The molecule has 1 aromatic rings. The molecular formula is C18H26O2. The van der Waals surface area contributed by atoms with Gasteiger partial charge in [-0.25, -0.2) is 0 Å². The third-order valence-electron chi connectivity index (χ3n) is 5.43. The van der Waals surface area contributed by atoms with Crippen LogP contribution < -0.4 is 0 Å². The van der Waals surface area contributed by atoms with Gasteiger partial charge in [-0.3, -0.25) is 0 Å². The molecule has 2 aliphatic rings. The molecule has 1 unspecified atom stereocenters. The highest BCUT2D eigenvalue weighted by molar-refractivity contribution is 5.29. The molecule has 2 saturated carbocycles. The molecule has 0 radical (unpaired) electrons. The smallest absolute Gasteiger partial charge is 0.108 e. The summed E-state index contributed by atoms with van der Waals surface area (Å²) >= 11 is 0. The van der Waals surface area contributed by atoms with Gasteiger partial charge in [0.25, 0.3) is 0 Å². The number of hydrogen-bond acceptors (Lipinski definition) is 2. The van der Waals surface area contributed by atoms with E-state index in [2.05, 4.69) is 24.3 Å². The lowest BCUT2D eigenvalue weighted by Gasteiger charge is -2.40. The summed E-state index contributed by atoms with van der Waals surface area (Å²) < 4.78 is 5.76. The van der Waals surface area contributed by atoms with E-state index in [1.807, 2.05) is 0 Å². The van der Waals surface area contributed by atoms with Crippen molar-refractivity contribution in [2.45, 2.75) is 69.0 Å². The highest BCUT2D eigenvalue weighted by Crippen LogP contribution is 2.42. The van der Waals surface area contributed by atoms with E-state index in [9.17, 15) is 5.11 Å². The summed E-state index contributed by atoms with van der Waals surface area (Å²) in [5.74, 6) is 0.757. The molecule has 1 atom stereocenters. The number of aliphatic hydroxyl groups excluding tert-OH is 1. The molecule has 3 rings (SSSR count). The fourth-order valence-electron chi connectivity index (χ4n) is 3.74. The minimum Gasteiger partial charge on any atom is -0.385 e. The zero-order valence-electron chi connectivity index (χ0n) is 12.5. The van der Waals surface area contributed by atoms with Crippen LogP contribution in [-0.4, -0.2) is 17.8 Å². The zero-order chi connectivity index (χ0) is 14.0. The van der Waals surface area contributed by atoms with Crippen molar-refractivity contribution < 1.29 is 9.84 Å². The number of benzene rings is 1. The Hall–Kier alpha value is -0.860. The summed E-state index contributed by atoms with van der Waals surface area (Å²) in [5, 5.41) is 10.8. The van der Waals surface area contributed by atoms with Crippen LogP contribution in [0.1, 0.15) is 74.5 Å². The van der Waals surface area contributed by atoms with Gasteiger partial charge in [0.15, 0.2) is 0 Å². The van der Waals surface area contributed by atoms with Gasteiger partial charge < -0.3 is 9.84 Å². The summed E-state index contributed by atoms with van der Waals surface area (Å²) in [6.45, 7) is 0. The van der Waals surface area contributed by atoms with Crippen LogP contribution in [0.2, 0.25) is 0 Å². The lowest BCUT2D eigenvalue weighted by Crippen LogP contribution is -2.40. The molecule has 0 saturated heterocycles. The fourth-order valence-corrected chi connectivity index (χ4v) is 3.74. The van der Waals surface area contributed by atoms with Crippen molar-refractivity contribution in [1.82, 2.24) is 0 Å². The lowest BCUT2D eigenvalue weighted by molar-refractivity contribution is -0.125. The van der Waals surface area contributed by atoms with E-state index in [-0.39, 0.29) is 5.60 Å². The quantitative estimate of drug-likeness (QED) is 0.885. The molecule has 20 heavy (non-hydrogen) atoms. The molecule has 0 bridgehead atoms. The normalized spacial score (nSPS) is 24.1. The summed E-state index contributed by atoms with van der Waals surface area (Å²) in [6, 6.07) is 8.62.